The first kappa shape index (κ1) is 11.9. The van der Waals surface area contributed by atoms with Crippen LogP contribution in [0.15, 0.2) is 12.2 Å². The second-order valence-corrected chi connectivity index (χ2v) is 6.52. The second kappa shape index (κ2) is 3.46. The molecule has 2 bridgehead atoms. The van der Waals surface area contributed by atoms with E-state index in [9.17, 15) is 9.59 Å². The second-order valence-electron chi connectivity index (χ2n) is 6.52. The zero-order valence-corrected chi connectivity index (χ0v) is 11.2. The van der Waals surface area contributed by atoms with Gasteiger partial charge in [-0.3, -0.25) is 9.59 Å². The van der Waals surface area contributed by atoms with Crippen LogP contribution >= 0.6 is 0 Å². The molecule has 3 aliphatic rings. The van der Waals surface area contributed by atoms with E-state index >= 15 is 0 Å². The SMILES string of the molecule is C=C1CC[C@H]2[C@@H]3C(=O)O[C@H](C(=O)[C@]12C)[C@H]3C(C)C. The Kier molecular flexibility index (Phi) is 2.30. The fourth-order valence-corrected chi connectivity index (χ4v) is 4.38. The number of ether oxygens (including phenoxy) is 1. The molecule has 2 aliphatic carbocycles. The molecular weight excluding hydrogens is 228 g/mol. The molecule has 3 nitrogen and oxygen atoms in total. The molecular formula is C15H20O3. The highest BCUT2D eigenvalue weighted by molar-refractivity contribution is 5.99. The quantitative estimate of drug-likeness (QED) is 0.528. The van der Waals surface area contributed by atoms with Crippen molar-refractivity contribution in [3.63, 3.8) is 0 Å². The van der Waals surface area contributed by atoms with Gasteiger partial charge in [-0.05, 0) is 31.6 Å². The zero-order valence-electron chi connectivity index (χ0n) is 11.2. The number of allylic oxidation sites excluding steroid dienone is 1. The lowest BCUT2D eigenvalue weighted by Gasteiger charge is -2.42. The van der Waals surface area contributed by atoms with Crippen LogP contribution in [0.2, 0.25) is 0 Å². The number of hydrogen-bond donors (Lipinski definition) is 0. The van der Waals surface area contributed by atoms with Crippen LogP contribution in [0.4, 0.5) is 0 Å². The Morgan fingerprint density at radius 2 is 2.06 bits per heavy atom. The molecule has 1 heterocycles. The van der Waals surface area contributed by atoms with Crippen molar-refractivity contribution in [2.24, 2.45) is 29.1 Å². The Morgan fingerprint density at radius 3 is 2.67 bits per heavy atom. The largest absolute Gasteiger partial charge is 0.454 e. The minimum absolute atomic E-state index is 0.0639. The Labute approximate surface area is 108 Å². The van der Waals surface area contributed by atoms with Crippen LogP contribution in [-0.4, -0.2) is 17.9 Å². The number of carbonyl (C=O) groups excluding carboxylic acids is 2. The van der Waals surface area contributed by atoms with Crippen LogP contribution in [0.5, 0.6) is 0 Å². The van der Waals surface area contributed by atoms with Gasteiger partial charge in [0.25, 0.3) is 0 Å². The third kappa shape index (κ3) is 1.15. The van der Waals surface area contributed by atoms with Crippen molar-refractivity contribution >= 4 is 11.8 Å². The molecule has 0 aromatic rings. The summed E-state index contributed by atoms with van der Waals surface area (Å²) in [6, 6.07) is 0. The molecule has 2 saturated carbocycles. The number of carbonyl (C=O) groups is 2. The molecule has 3 heteroatoms. The lowest BCUT2D eigenvalue weighted by Crippen LogP contribution is -2.52. The Bertz CT molecular complexity index is 451. The van der Waals surface area contributed by atoms with Crippen molar-refractivity contribution in [3.8, 4) is 0 Å². The monoisotopic (exact) mass is 248 g/mol. The molecule has 3 rings (SSSR count). The first-order valence-electron chi connectivity index (χ1n) is 6.82. The fourth-order valence-electron chi connectivity index (χ4n) is 4.38. The van der Waals surface area contributed by atoms with Gasteiger partial charge in [0, 0.05) is 5.92 Å². The van der Waals surface area contributed by atoms with Gasteiger partial charge in [-0.15, -0.1) is 0 Å². The van der Waals surface area contributed by atoms with Gasteiger partial charge in [-0.1, -0.05) is 26.0 Å². The fraction of sp³-hybridized carbons (Fsp3) is 0.733. The van der Waals surface area contributed by atoms with E-state index in [-0.39, 0.29) is 29.5 Å². The topological polar surface area (TPSA) is 43.4 Å². The average molecular weight is 248 g/mol. The maximum atomic E-state index is 12.7. The van der Waals surface area contributed by atoms with E-state index < -0.39 is 11.5 Å². The molecule has 0 unspecified atom stereocenters. The molecule has 0 N–H and O–H groups in total. The summed E-state index contributed by atoms with van der Waals surface area (Å²) >= 11 is 0. The lowest BCUT2D eigenvalue weighted by molar-refractivity contribution is -0.149. The third-order valence-electron chi connectivity index (χ3n) is 5.49. The van der Waals surface area contributed by atoms with E-state index in [1.807, 2.05) is 6.92 Å². The maximum absolute atomic E-state index is 12.7. The summed E-state index contributed by atoms with van der Waals surface area (Å²) in [5, 5.41) is 0. The normalized spacial score (nSPS) is 46.6. The minimum atomic E-state index is -0.529. The molecule has 18 heavy (non-hydrogen) atoms. The van der Waals surface area contributed by atoms with E-state index in [2.05, 4.69) is 20.4 Å². The van der Waals surface area contributed by atoms with Crippen LogP contribution in [0.25, 0.3) is 0 Å². The van der Waals surface area contributed by atoms with Crippen molar-refractivity contribution in [1.29, 1.82) is 0 Å². The van der Waals surface area contributed by atoms with Gasteiger partial charge in [-0.25, -0.2) is 0 Å². The molecule has 98 valence electrons. The summed E-state index contributed by atoms with van der Waals surface area (Å²) in [6.45, 7) is 10.2. The van der Waals surface area contributed by atoms with Crippen LogP contribution < -0.4 is 0 Å². The van der Waals surface area contributed by atoms with Gasteiger partial charge < -0.3 is 4.74 Å². The number of fused-ring (bicyclic) bond motifs is 4. The highest BCUT2D eigenvalue weighted by Crippen LogP contribution is 2.60. The summed E-state index contributed by atoms with van der Waals surface area (Å²) in [4.78, 5) is 24.8. The molecule has 0 amide bonds. The molecule has 3 fully saturated rings. The predicted molar refractivity (Wildman–Crippen MR) is 66.7 cm³/mol. The molecule has 5 atom stereocenters. The lowest BCUT2D eigenvalue weighted by atomic mass is 9.57. The van der Waals surface area contributed by atoms with Crippen molar-refractivity contribution < 1.29 is 14.3 Å². The number of hydrogen-bond acceptors (Lipinski definition) is 3. The minimum Gasteiger partial charge on any atom is -0.454 e. The van der Waals surface area contributed by atoms with Gasteiger partial charge in [-0.2, -0.15) is 0 Å². The predicted octanol–water partition coefficient (Wildman–Crippen LogP) is 2.36. The van der Waals surface area contributed by atoms with Gasteiger partial charge in [0.1, 0.15) is 0 Å². The van der Waals surface area contributed by atoms with Gasteiger partial charge in [0.15, 0.2) is 11.9 Å². The van der Waals surface area contributed by atoms with Gasteiger partial charge in [0.05, 0.1) is 11.3 Å². The van der Waals surface area contributed by atoms with Crippen LogP contribution in [0, 0.1) is 29.1 Å². The van der Waals surface area contributed by atoms with E-state index in [1.165, 1.54) is 0 Å². The van der Waals surface area contributed by atoms with Crippen LogP contribution in [0.1, 0.15) is 33.6 Å². The highest BCUT2D eigenvalue weighted by Gasteiger charge is 2.67. The Morgan fingerprint density at radius 1 is 1.39 bits per heavy atom. The molecule has 0 aromatic heterocycles. The molecule has 0 radical (unpaired) electrons. The molecule has 1 saturated heterocycles. The first-order valence-corrected chi connectivity index (χ1v) is 6.82. The maximum Gasteiger partial charge on any atom is 0.310 e. The number of Topliss-reactive ketones (excluding diaryl/α,β-unsaturated/α-hetero) is 1. The van der Waals surface area contributed by atoms with Crippen molar-refractivity contribution in [3.05, 3.63) is 12.2 Å². The smallest absolute Gasteiger partial charge is 0.310 e. The summed E-state index contributed by atoms with van der Waals surface area (Å²) in [6.07, 6.45) is 1.24. The van der Waals surface area contributed by atoms with Crippen molar-refractivity contribution in [1.82, 2.24) is 0 Å². The molecule has 1 aliphatic heterocycles. The third-order valence-corrected chi connectivity index (χ3v) is 5.49. The van der Waals surface area contributed by atoms with E-state index in [0.29, 0.717) is 5.92 Å². The average Bonchev–Trinajstić information content (AvgIpc) is 2.76. The molecule has 0 aromatic carbocycles. The van der Waals surface area contributed by atoms with Crippen LogP contribution in [-0.2, 0) is 14.3 Å². The summed E-state index contributed by atoms with van der Waals surface area (Å²) in [5.41, 5.74) is 0.473. The number of ketones is 1. The Hall–Kier alpha value is -1.12. The standard InChI is InChI=1S/C15H20O3/c1-7(2)10-11-9-6-5-8(3)15(9,4)13(16)12(10)18-14(11)17/h7,9-12H,3,5-6H2,1-2,4H3/t9-,10-,11-,12-,15+/m0/s1. The summed E-state index contributed by atoms with van der Waals surface area (Å²) in [5.74, 6) is 0.308. The first-order chi connectivity index (χ1) is 8.39. The number of rotatable bonds is 1. The van der Waals surface area contributed by atoms with E-state index in [4.69, 9.17) is 4.74 Å². The summed E-state index contributed by atoms with van der Waals surface area (Å²) < 4.78 is 5.39. The van der Waals surface area contributed by atoms with Gasteiger partial charge in [0.2, 0.25) is 0 Å². The summed E-state index contributed by atoms with van der Waals surface area (Å²) in [7, 11) is 0. The van der Waals surface area contributed by atoms with E-state index in [0.717, 1.165) is 18.4 Å². The van der Waals surface area contributed by atoms with E-state index in [1.54, 1.807) is 0 Å². The highest BCUT2D eigenvalue weighted by atomic mass is 16.6. The molecule has 0 spiro atoms. The van der Waals surface area contributed by atoms with Gasteiger partial charge >= 0.3 is 5.97 Å². The van der Waals surface area contributed by atoms with Crippen molar-refractivity contribution in [2.45, 2.75) is 39.7 Å². The van der Waals surface area contributed by atoms with Crippen molar-refractivity contribution in [2.75, 3.05) is 0 Å². The van der Waals surface area contributed by atoms with Crippen LogP contribution in [0.3, 0.4) is 0 Å². The number of esters is 1. The Balaban J connectivity index is 2.12. The zero-order chi connectivity index (χ0) is 13.2.